The first-order valence-corrected chi connectivity index (χ1v) is 7.19. The lowest BCUT2D eigenvalue weighted by molar-refractivity contribution is -0.135. The van der Waals surface area contributed by atoms with Crippen LogP contribution in [0.15, 0.2) is 30.3 Å². The smallest absolute Gasteiger partial charge is 0.246 e. The molecule has 0 radical (unpaired) electrons. The fourth-order valence-corrected chi connectivity index (χ4v) is 2.59. The van der Waals surface area contributed by atoms with Crippen molar-refractivity contribution in [3.63, 3.8) is 0 Å². The van der Waals surface area contributed by atoms with Crippen molar-refractivity contribution in [3.8, 4) is 0 Å². The first kappa shape index (κ1) is 13.8. The Kier molecular flexibility index (Phi) is 3.75. The fraction of sp³-hybridized carbons (Fsp3) is 0.375. The molecule has 110 valence electrons. The van der Waals surface area contributed by atoms with Gasteiger partial charge in [-0.15, -0.1) is 0 Å². The molecule has 5 heteroatoms. The Balaban J connectivity index is 1.61. The standard InChI is InChI=1S/C16H18N2O3/c19-14-10-17(11-14)15(20)8-5-12-3-6-13(7-4-12)18-9-1-2-16(18)21/h3-8,14,19H,1-2,9-11H2/b8-5+. The summed E-state index contributed by atoms with van der Waals surface area (Å²) in [6.07, 6.45) is 4.43. The van der Waals surface area contributed by atoms with Gasteiger partial charge in [-0.05, 0) is 30.2 Å². The molecule has 0 aliphatic carbocycles. The molecule has 0 atom stereocenters. The van der Waals surface area contributed by atoms with E-state index in [4.69, 9.17) is 5.11 Å². The molecule has 5 nitrogen and oxygen atoms in total. The van der Waals surface area contributed by atoms with Crippen LogP contribution in [-0.2, 0) is 9.59 Å². The normalized spacial score (nSPS) is 19.4. The average Bonchev–Trinajstić information content (AvgIpc) is 2.88. The van der Waals surface area contributed by atoms with Crippen molar-refractivity contribution < 1.29 is 14.7 Å². The van der Waals surface area contributed by atoms with Gasteiger partial charge in [0.1, 0.15) is 0 Å². The molecule has 2 heterocycles. The second-order valence-corrected chi connectivity index (χ2v) is 5.47. The molecule has 21 heavy (non-hydrogen) atoms. The molecule has 2 saturated heterocycles. The average molecular weight is 286 g/mol. The number of likely N-dealkylation sites (tertiary alicyclic amines) is 1. The molecule has 1 aromatic rings. The molecule has 0 aromatic heterocycles. The summed E-state index contributed by atoms with van der Waals surface area (Å²) < 4.78 is 0. The highest BCUT2D eigenvalue weighted by atomic mass is 16.3. The van der Waals surface area contributed by atoms with Crippen LogP contribution in [0.5, 0.6) is 0 Å². The zero-order valence-corrected chi connectivity index (χ0v) is 11.7. The number of β-amino-alcohol motifs (C(OH)–C–C–N with tert-alkyl or cyclic N) is 1. The Morgan fingerprint density at radius 1 is 1.24 bits per heavy atom. The molecule has 0 unspecified atom stereocenters. The van der Waals surface area contributed by atoms with Crippen LogP contribution < -0.4 is 4.90 Å². The number of aliphatic hydroxyl groups is 1. The Bertz CT molecular complexity index is 574. The van der Waals surface area contributed by atoms with Crippen LogP contribution in [0.3, 0.4) is 0 Å². The minimum Gasteiger partial charge on any atom is -0.389 e. The maximum atomic E-state index is 11.7. The summed E-state index contributed by atoms with van der Waals surface area (Å²) in [7, 11) is 0. The van der Waals surface area contributed by atoms with Crippen LogP contribution in [-0.4, -0.2) is 47.6 Å². The van der Waals surface area contributed by atoms with E-state index < -0.39 is 0 Å². The molecule has 1 aromatic carbocycles. The predicted octanol–water partition coefficient (Wildman–Crippen LogP) is 1.03. The first-order chi connectivity index (χ1) is 10.1. The lowest BCUT2D eigenvalue weighted by Crippen LogP contribution is -2.52. The van der Waals surface area contributed by atoms with Gasteiger partial charge in [-0.3, -0.25) is 9.59 Å². The summed E-state index contributed by atoms with van der Waals surface area (Å²) in [6, 6.07) is 7.60. The molecule has 2 aliphatic heterocycles. The third kappa shape index (κ3) is 2.97. The van der Waals surface area contributed by atoms with E-state index in [1.54, 1.807) is 15.9 Å². The molecule has 1 N–H and O–H groups in total. The molecule has 3 rings (SSSR count). The van der Waals surface area contributed by atoms with Gasteiger partial charge in [0.2, 0.25) is 11.8 Å². The minimum absolute atomic E-state index is 0.0842. The Morgan fingerprint density at radius 3 is 2.52 bits per heavy atom. The van der Waals surface area contributed by atoms with Gasteiger partial charge >= 0.3 is 0 Å². The number of hydrogen-bond acceptors (Lipinski definition) is 3. The van der Waals surface area contributed by atoms with Crippen LogP contribution in [0.25, 0.3) is 6.08 Å². The monoisotopic (exact) mass is 286 g/mol. The SMILES string of the molecule is O=C(/C=C/c1ccc(N2CCCC2=O)cc1)N1CC(O)C1. The predicted molar refractivity (Wildman–Crippen MR) is 79.6 cm³/mol. The molecule has 0 bridgehead atoms. The van der Waals surface area contributed by atoms with Crippen molar-refractivity contribution in [2.75, 3.05) is 24.5 Å². The topological polar surface area (TPSA) is 60.9 Å². The van der Waals surface area contributed by atoms with Crippen molar-refractivity contribution in [2.45, 2.75) is 18.9 Å². The number of benzene rings is 1. The van der Waals surface area contributed by atoms with E-state index in [2.05, 4.69) is 0 Å². The van der Waals surface area contributed by atoms with Crippen molar-refractivity contribution >= 4 is 23.6 Å². The van der Waals surface area contributed by atoms with Crippen molar-refractivity contribution in [1.82, 2.24) is 4.90 Å². The summed E-state index contributed by atoms with van der Waals surface area (Å²) in [5, 5.41) is 9.16. The van der Waals surface area contributed by atoms with Crippen LogP contribution in [0, 0.1) is 0 Å². The van der Waals surface area contributed by atoms with E-state index in [1.165, 1.54) is 6.08 Å². The minimum atomic E-state index is -0.375. The number of anilines is 1. The number of hydrogen-bond donors (Lipinski definition) is 1. The van der Waals surface area contributed by atoms with Crippen LogP contribution >= 0.6 is 0 Å². The van der Waals surface area contributed by atoms with E-state index >= 15 is 0 Å². The van der Waals surface area contributed by atoms with E-state index in [0.717, 1.165) is 24.2 Å². The van der Waals surface area contributed by atoms with Crippen molar-refractivity contribution in [3.05, 3.63) is 35.9 Å². The molecule has 0 saturated carbocycles. The summed E-state index contributed by atoms with van der Waals surface area (Å²) in [6.45, 7) is 1.61. The van der Waals surface area contributed by atoms with Gasteiger partial charge in [-0.1, -0.05) is 12.1 Å². The van der Waals surface area contributed by atoms with E-state index in [9.17, 15) is 9.59 Å². The van der Waals surface area contributed by atoms with Crippen molar-refractivity contribution in [1.29, 1.82) is 0 Å². The second-order valence-electron chi connectivity index (χ2n) is 5.47. The third-order valence-electron chi connectivity index (χ3n) is 3.87. The molecular formula is C16H18N2O3. The van der Waals surface area contributed by atoms with Crippen LogP contribution in [0.2, 0.25) is 0 Å². The summed E-state index contributed by atoms with van der Waals surface area (Å²) in [5.41, 5.74) is 1.83. The van der Waals surface area contributed by atoms with Gasteiger partial charge in [0.05, 0.1) is 6.10 Å². The summed E-state index contributed by atoms with van der Waals surface area (Å²) >= 11 is 0. The highest BCUT2D eigenvalue weighted by Gasteiger charge is 2.27. The largest absolute Gasteiger partial charge is 0.389 e. The Labute approximate surface area is 123 Å². The quantitative estimate of drug-likeness (QED) is 0.844. The number of aliphatic hydroxyl groups excluding tert-OH is 1. The highest BCUT2D eigenvalue weighted by molar-refractivity contribution is 5.95. The lowest BCUT2D eigenvalue weighted by Gasteiger charge is -2.34. The van der Waals surface area contributed by atoms with Gasteiger partial charge in [-0.25, -0.2) is 0 Å². The van der Waals surface area contributed by atoms with Gasteiger partial charge in [0.15, 0.2) is 0 Å². The maximum Gasteiger partial charge on any atom is 0.246 e. The molecular weight excluding hydrogens is 268 g/mol. The van der Waals surface area contributed by atoms with Gasteiger partial charge in [0, 0.05) is 37.8 Å². The lowest BCUT2D eigenvalue weighted by atomic mass is 10.1. The van der Waals surface area contributed by atoms with E-state index in [-0.39, 0.29) is 17.9 Å². The number of rotatable bonds is 3. The Morgan fingerprint density at radius 2 is 1.95 bits per heavy atom. The van der Waals surface area contributed by atoms with E-state index in [1.807, 2.05) is 24.3 Å². The van der Waals surface area contributed by atoms with Gasteiger partial charge in [0.25, 0.3) is 0 Å². The summed E-state index contributed by atoms with van der Waals surface area (Å²) in [5.74, 6) is 0.0870. The highest BCUT2D eigenvalue weighted by Crippen LogP contribution is 2.22. The third-order valence-corrected chi connectivity index (χ3v) is 3.87. The van der Waals surface area contributed by atoms with Gasteiger partial charge in [-0.2, -0.15) is 0 Å². The zero-order valence-electron chi connectivity index (χ0n) is 11.7. The number of carbonyl (C=O) groups is 2. The zero-order chi connectivity index (χ0) is 14.8. The maximum absolute atomic E-state index is 11.7. The molecule has 2 amide bonds. The van der Waals surface area contributed by atoms with E-state index in [0.29, 0.717) is 19.5 Å². The van der Waals surface area contributed by atoms with Crippen LogP contribution in [0.1, 0.15) is 18.4 Å². The summed E-state index contributed by atoms with van der Waals surface area (Å²) in [4.78, 5) is 26.8. The van der Waals surface area contributed by atoms with Crippen LogP contribution in [0.4, 0.5) is 5.69 Å². The molecule has 2 fully saturated rings. The molecule has 0 spiro atoms. The Hall–Kier alpha value is -2.14. The van der Waals surface area contributed by atoms with Gasteiger partial charge < -0.3 is 14.9 Å². The first-order valence-electron chi connectivity index (χ1n) is 7.19. The number of amides is 2. The number of carbonyl (C=O) groups excluding carboxylic acids is 2. The van der Waals surface area contributed by atoms with Crippen molar-refractivity contribution in [2.24, 2.45) is 0 Å². The molecule has 2 aliphatic rings. The fourth-order valence-electron chi connectivity index (χ4n) is 2.59. The number of nitrogens with zero attached hydrogens (tertiary/aromatic N) is 2. The second kappa shape index (κ2) is 5.69.